The molecule has 11 heteroatoms. The Bertz CT molecular complexity index is 1180. The van der Waals surface area contributed by atoms with E-state index in [0.717, 1.165) is 12.0 Å². The summed E-state index contributed by atoms with van der Waals surface area (Å²) in [5.41, 5.74) is -1.11. The van der Waals surface area contributed by atoms with Gasteiger partial charge in [0.25, 0.3) is 10.9 Å². The van der Waals surface area contributed by atoms with Crippen LogP contribution in [0.3, 0.4) is 0 Å². The van der Waals surface area contributed by atoms with Gasteiger partial charge in [0.2, 0.25) is 0 Å². The van der Waals surface area contributed by atoms with E-state index in [9.17, 15) is 19.5 Å². The lowest BCUT2D eigenvalue weighted by Gasteiger charge is -2.31. The molecule has 0 saturated carbocycles. The number of carbonyl (C=O) groups is 1. The molecule has 41 heavy (non-hydrogen) atoms. The number of rotatable bonds is 17. The van der Waals surface area contributed by atoms with Crippen molar-refractivity contribution in [2.45, 2.75) is 71.6 Å². The first-order chi connectivity index (χ1) is 19.3. The minimum Gasteiger partial charge on any atom is -0.493 e. The first kappa shape index (κ1) is 33.9. The maximum Gasteiger partial charge on any atom is 0.407 e. The smallest absolute Gasteiger partial charge is 0.407 e. The van der Waals surface area contributed by atoms with Gasteiger partial charge in [-0.1, -0.05) is 19.9 Å². The van der Waals surface area contributed by atoms with Crippen LogP contribution in [0.2, 0.25) is 0 Å². The molecule has 230 valence electrons. The number of anilines is 1. The third-order valence-electron chi connectivity index (χ3n) is 6.70. The number of nitrogens with one attached hydrogen (secondary N) is 2. The number of amides is 1. The third-order valence-corrected chi connectivity index (χ3v) is 6.70. The zero-order chi connectivity index (χ0) is 30.7. The molecule has 2 aromatic carbocycles. The Morgan fingerprint density at radius 3 is 2.29 bits per heavy atom. The van der Waals surface area contributed by atoms with Gasteiger partial charge in [-0.15, -0.1) is 0 Å². The number of methoxy groups -OCH3 is 3. The number of ether oxygens (including phenoxy) is 5. The number of benzene rings is 1. The van der Waals surface area contributed by atoms with Crippen LogP contribution in [0.5, 0.6) is 17.2 Å². The van der Waals surface area contributed by atoms with E-state index >= 15 is 0 Å². The molecule has 0 aliphatic heterocycles. The summed E-state index contributed by atoms with van der Waals surface area (Å²) in [5, 5.41) is 16.8. The lowest BCUT2D eigenvalue weighted by Crippen LogP contribution is -2.49. The maximum absolute atomic E-state index is 12.7. The van der Waals surface area contributed by atoms with Gasteiger partial charge in [-0.2, -0.15) is 0 Å². The van der Waals surface area contributed by atoms with E-state index < -0.39 is 34.7 Å². The van der Waals surface area contributed by atoms with Crippen molar-refractivity contribution in [3.8, 4) is 17.2 Å². The zero-order valence-corrected chi connectivity index (χ0v) is 25.5. The Hall–Kier alpha value is -3.31. The Morgan fingerprint density at radius 1 is 1.00 bits per heavy atom. The fourth-order valence-corrected chi connectivity index (χ4v) is 4.41. The first-order valence-corrected chi connectivity index (χ1v) is 13.9. The van der Waals surface area contributed by atoms with Crippen LogP contribution in [-0.4, -0.2) is 70.0 Å². The van der Waals surface area contributed by atoms with Crippen molar-refractivity contribution in [2.75, 3.05) is 46.4 Å². The molecule has 0 bridgehead atoms. The monoisotopic (exact) mass is 578 g/mol. The topological polar surface area (TPSA) is 142 Å². The molecule has 3 N–H and O–H groups in total. The van der Waals surface area contributed by atoms with Crippen LogP contribution in [0.4, 0.5) is 10.5 Å². The molecule has 0 radical (unpaired) electrons. The quantitative estimate of drug-likeness (QED) is 0.189. The first-order valence-electron chi connectivity index (χ1n) is 13.9. The molecule has 2 aromatic rings. The summed E-state index contributed by atoms with van der Waals surface area (Å²) in [6.45, 7) is 10.4. The Labute approximate surface area is 242 Å². The fraction of sp³-hybridized carbons (Fsp3) is 0.633. The van der Waals surface area contributed by atoms with Crippen molar-refractivity contribution in [1.29, 1.82) is 0 Å². The Morgan fingerprint density at radius 2 is 1.71 bits per heavy atom. The van der Waals surface area contributed by atoms with E-state index in [-0.39, 0.29) is 29.8 Å². The average molecular weight is 579 g/mol. The Balaban J connectivity index is 2.23. The molecule has 2 rings (SSSR count). The van der Waals surface area contributed by atoms with Crippen molar-refractivity contribution >= 4 is 11.8 Å². The molecule has 0 aliphatic carbocycles. The van der Waals surface area contributed by atoms with Crippen LogP contribution in [0.25, 0.3) is 0 Å². The van der Waals surface area contributed by atoms with E-state index in [2.05, 4.69) is 24.5 Å². The van der Waals surface area contributed by atoms with Crippen LogP contribution < -0.4 is 35.7 Å². The second-order valence-corrected chi connectivity index (χ2v) is 11.4. The largest absolute Gasteiger partial charge is 0.493 e. The van der Waals surface area contributed by atoms with Gasteiger partial charge in [0, 0.05) is 26.7 Å². The summed E-state index contributed by atoms with van der Waals surface area (Å²) < 4.78 is 26.9. The molecule has 0 aromatic heterocycles. The van der Waals surface area contributed by atoms with Crippen molar-refractivity contribution in [3.63, 3.8) is 0 Å². The van der Waals surface area contributed by atoms with E-state index in [4.69, 9.17) is 23.7 Å². The molecule has 0 fully saturated rings. The van der Waals surface area contributed by atoms with E-state index in [0.29, 0.717) is 37.6 Å². The molecule has 0 saturated heterocycles. The maximum atomic E-state index is 12.7. The summed E-state index contributed by atoms with van der Waals surface area (Å²) in [6, 6.07) is 5.08. The second-order valence-electron chi connectivity index (χ2n) is 11.4. The number of alkyl carbamates (subject to hydrolysis) is 1. The summed E-state index contributed by atoms with van der Waals surface area (Å²) in [4.78, 5) is 36.3. The van der Waals surface area contributed by atoms with Crippen molar-refractivity contribution in [2.24, 2.45) is 11.8 Å². The van der Waals surface area contributed by atoms with Crippen molar-refractivity contribution in [1.82, 2.24) is 5.32 Å². The highest BCUT2D eigenvalue weighted by atomic mass is 16.6. The number of aliphatic hydroxyl groups is 1. The molecular formula is C30H46N2O9. The van der Waals surface area contributed by atoms with Crippen LogP contribution in [0.15, 0.2) is 27.8 Å². The summed E-state index contributed by atoms with van der Waals surface area (Å²) >= 11 is 0. The van der Waals surface area contributed by atoms with E-state index in [1.165, 1.54) is 7.11 Å². The predicted molar refractivity (Wildman–Crippen MR) is 157 cm³/mol. The van der Waals surface area contributed by atoms with Crippen LogP contribution in [0.1, 0.15) is 53.0 Å². The van der Waals surface area contributed by atoms with Crippen LogP contribution >= 0.6 is 0 Å². The lowest BCUT2D eigenvalue weighted by molar-refractivity contribution is 0.0404. The minimum absolute atomic E-state index is 0.0178. The van der Waals surface area contributed by atoms with Crippen LogP contribution in [0, 0.1) is 11.8 Å². The number of aliphatic hydroxyl groups excluding tert-OH is 1. The second kappa shape index (κ2) is 15.6. The highest BCUT2D eigenvalue weighted by molar-refractivity contribution is 5.68. The number of hydrogen-bond donors (Lipinski definition) is 3. The van der Waals surface area contributed by atoms with Gasteiger partial charge >= 0.3 is 6.09 Å². The zero-order valence-electron chi connectivity index (χ0n) is 25.5. The molecule has 11 nitrogen and oxygen atoms in total. The molecular weight excluding hydrogens is 532 g/mol. The van der Waals surface area contributed by atoms with Gasteiger partial charge < -0.3 is 39.4 Å². The number of hydrogen-bond acceptors (Lipinski definition) is 10. The van der Waals surface area contributed by atoms with Gasteiger partial charge in [-0.25, -0.2) is 4.79 Å². The average Bonchev–Trinajstić information content (AvgIpc) is 2.90. The summed E-state index contributed by atoms with van der Waals surface area (Å²) in [5.74, 6) is 1.43. The summed E-state index contributed by atoms with van der Waals surface area (Å²) in [6.07, 6.45) is 0.0406. The molecule has 3 atom stereocenters. The predicted octanol–water partition coefficient (Wildman–Crippen LogP) is 3.29. The van der Waals surface area contributed by atoms with Gasteiger partial charge in [-0.3, -0.25) is 9.59 Å². The fourth-order valence-electron chi connectivity index (χ4n) is 4.41. The molecule has 1 amide bonds. The van der Waals surface area contributed by atoms with Gasteiger partial charge in [0.15, 0.2) is 17.2 Å². The van der Waals surface area contributed by atoms with Gasteiger partial charge in [-0.05, 0) is 63.1 Å². The van der Waals surface area contributed by atoms with Crippen molar-refractivity contribution < 1.29 is 33.6 Å². The molecule has 0 spiro atoms. The van der Waals surface area contributed by atoms with Gasteiger partial charge in [0.05, 0.1) is 33.0 Å². The third kappa shape index (κ3) is 10.2. The Kier molecular flexibility index (Phi) is 12.9. The summed E-state index contributed by atoms with van der Waals surface area (Å²) in [7, 11) is 4.54. The normalized spacial score (nSPS) is 13.9. The molecule has 0 aliphatic rings. The minimum atomic E-state index is -1.10. The molecule has 1 unspecified atom stereocenters. The van der Waals surface area contributed by atoms with E-state index in [1.54, 1.807) is 35.0 Å². The SMILES string of the molecule is COCCCOc1cc(CC(C[C@H](NC(=O)OC(C)(C)C)[C@@H](O)CNc2c(OC)c(=O)c2=O)C(C)C)ccc1OC. The standard InChI is InChI=1S/C30H46N2O9/c1-18(2)20(14-19-10-11-23(38-7)24(15-19)40-13-9-12-37-6)16-21(32-29(36)41-30(3,4)5)22(33)17-31-25-26(34)27(35)28(25)39-8/h10-11,15,18,20-22,31,33H,9,12-14,16-17H2,1-8H3,(H,32,36)/t20?,21-,22-/m0/s1. The van der Waals surface area contributed by atoms with Crippen LogP contribution in [-0.2, 0) is 15.9 Å². The molecule has 0 heterocycles. The van der Waals surface area contributed by atoms with Gasteiger partial charge in [0.1, 0.15) is 11.3 Å². The van der Waals surface area contributed by atoms with Crippen molar-refractivity contribution in [3.05, 3.63) is 44.2 Å². The lowest BCUT2D eigenvalue weighted by atomic mass is 9.83. The highest BCUT2D eigenvalue weighted by Crippen LogP contribution is 2.31. The highest BCUT2D eigenvalue weighted by Gasteiger charge is 2.30. The van der Waals surface area contributed by atoms with E-state index in [1.807, 2.05) is 18.2 Å². The number of carbonyl (C=O) groups excluding carboxylic acids is 1.